The van der Waals surface area contributed by atoms with Gasteiger partial charge in [0.2, 0.25) is 11.5 Å². The number of Topliss-reactive ketones (excluding diaryl/α,β-unsaturated/α-hetero) is 2. The third kappa shape index (κ3) is 12.4. The summed E-state index contributed by atoms with van der Waals surface area (Å²) in [4.78, 5) is 66.6. The summed E-state index contributed by atoms with van der Waals surface area (Å²) in [5.41, 5.74) is -0.784. The van der Waals surface area contributed by atoms with Crippen molar-refractivity contribution in [3.8, 4) is 0 Å². The van der Waals surface area contributed by atoms with Gasteiger partial charge in [-0.3, -0.25) is 9.59 Å². The molecular weight excluding hydrogens is 491 g/mol. The van der Waals surface area contributed by atoms with Gasteiger partial charge in [-0.1, -0.05) is 0 Å². The first-order valence-corrected chi connectivity index (χ1v) is 9.47. The summed E-state index contributed by atoms with van der Waals surface area (Å²) in [6, 6.07) is 0. The van der Waals surface area contributed by atoms with Crippen LogP contribution in [0.2, 0.25) is 0 Å². The molecule has 0 aromatic carbocycles. The monoisotopic (exact) mass is 519 g/mol. The summed E-state index contributed by atoms with van der Waals surface area (Å²) in [7, 11) is 0. The Morgan fingerprint density at radius 2 is 0.727 bits per heavy atom. The van der Waals surface area contributed by atoms with E-state index in [4.69, 9.17) is 0 Å². The summed E-state index contributed by atoms with van der Waals surface area (Å²) in [6.07, 6.45) is 0. The van der Waals surface area contributed by atoms with Gasteiger partial charge < -0.3 is 29.2 Å². The number of ketones is 2. The fourth-order valence-corrected chi connectivity index (χ4v) is 1.62. The van der Waals surface area contributed by atoms with Crippen molar-refractivity contribution in [1.82, 2.24) is 0 Å². The fourth-order valence-electron chi connectivity index (χ4n) is 1.62. The van der Waals surface area contributed by atoms with Gasteiger partial charge in [0, 0.05) is 16.8 Å². The van der Waals surface area contributed by atoms with Crippen LogP contribution >= 0.6 is 0 Å². The zero-order chi connectivity index (χ0) is 25.4. The number of aliphatic hydroxyl groups excluding tert-OH is 2. The normalized spacial score (nSPS) is 11.1. The van der Waals surface area contributed by atoms with Gasteiger partial charge in [-0.15, -0.1) is 0 Å². The Labute approximate surface area is 201 Å². The van der Waals surface area contributed by atoms with Crippen molar-refractivity contribution in [3.63, 3.8) is 0 Å². The van der Waals surface area contributed by atoms with Gasteiger partial charge in [-0.05, 0) is 41.5 Å². The number of carbonyl (C=O) groups is 6. The van der Waals surface area contributed by atoms with Crippen molar-refractivity contribution in [2.24, 2.45) is 0 Å². The molecule has 0 aromatic rings. The molecule has 0 rings (SSSR count). The van der Waals surface area contributed by atoms with Gasteiger partial charge in [0.25, 0.3) is 11.6 Å². The maximum absolute atomic E-state index is 11.3. The minimum Gasteiger partial charge on any atom is -0.502 e. The van der Waals surface area contributed by atoms with Crippen molar-refractivity contribution in [3.05, 3.63) is 22.7 Å². The number of ether oxygens (including phenoxy) is 4. The second-order valence-corrected chi connectivity index (χ2v) is 5.49. The Kier molecular flexibility index (Phi) is 19.2. The number of esters is 4. The Morgan fingerprint density at radius 1 is 0.515 bits per heavy atom. The van der Waals surface area contributed by atoms with E-state index in [1.807, 2.05) is 0 Å². The van der Waals surface area contributed by atoms with Crippen molar-refractivity contribution in [2.45, 2.75) is 41.5 Å². The van der Waals surface area contributed by atoms with E-state index in [0.29, 0.717) is 0 Å². The van der Waals surface area contributed by atoms with Crippen LogP contribution in [0.5, 0.6) is 0 Å². The van der Waals surface area contributed by atoms with Gasteiger partial charge in [-0.25, -0.2) is 19.2 Å². The van der Waals surface area contributed by atoms with Crippen molar-refractivity contribution < 1.29 is 74.7 Å². The molecule has 33 heavy (non-hydrogen) atoms. The standard InChI is InChI=1S/2C10H14O6.Co/c2*1-4-15-9(13)7(11)6(3)8(12)10(14)16-5-2;/h2*11H,4-5H2,1-3H3;/b2*7-6-;. The molecule has 1 radical (unpaired) electrons. The topological polar surface area (TPSA) is 180 Å². The Hall–Kier alpha value is -3.19. The number of carbonyl (C=O) groups excluding carboxylic acids is 6. The molecule has 13 heteroatoms. The van der Waals surface area contributed by atoms with E-state index >= 15 is 0 Å². The Balaban J connectivity index is -0.000000529. The number of aliphatic hydroxyl groups is 2. The van der Waals surface area contributed by atoms with Crippen LogP contribution in [0.15, 0.2) is 22.7 Å². The van der Waals surface area contributed by atoms with Gasteiger partial charge in [-0.2, -0.15) is 0 Å². The molecule has 0 unspecified atom stereocenters. The molecule has 0 aliphatic carbocycles. The Bertz CT molecular complexity index is 729. The quantitative estimate of drug-likeness (QED) is 0.138. The van der Waals surface area contributed by atoms with Crippen molar-refractivity contribution >= 4 is 35.4 Å². The largest absolute Gasteiger partial charge is 0.502 e. The predicted octanol–water partition coefficient (Wildman–Crippen LogP) is 1.02. The van der Waals surface area contributed by atoms with Gasteiger partial charge in [0.05, 0.1) is 37.6 Å². The van der Waals surface area contributed by atoms with Crippen LogP contribution in [0.4, 0.5) is 0 Å². The van der Waals surface area contributed by atoms with E-state index in [1.165, 1.54) is 13.8 Å². The molecule has 0 aliphatic rings. The smallest absolute Gasteiger partial charge is 0.379 e. The molecule has 0 aliphatic heterocycles. The molecule has 189 valence electrons. The maximum atomic E-state index is 11.3. The van der Waals surface area contributed by atoms with E-state index < -0.39 is 58.1 Å². The van der Waals surface area contributed by atoms with Crippen LogP contribution in [0.1, 0.15) is 41.5 Å². The number of rotatable bonds is 10. The van der Waals surface area contributed by atoms with E-state index in [-0.39, 0.29) is 43.2 Å². The van der Waals surface area contributed by atoms with Crippen LogP contribution in [0.3, 0.4) is 0 Å². The van der Waals surface area contributed by atoms with Crippen LogP contribution in [0, 0.1) is 0 Å². The maximum Gasteiger partial charge on any atom is 0.379 e. The summed E-state index contributed by atoms with van der Waals surface area (Å²) in [6.45, 7) is 8.66. The SMILES string of the molecule is CCOC(=O)C(=O)/C(C)=C(\O)C(=O)OCC.CCOC(=O)C(=O)/C(C)=C(\O)C(=O)OCC.[Co]. The molecule has 12 nitrogen and oxygen atoms in total. The number of hydrogen-bond donors (Lipinski definition) is 2. The average Bonchev–Trinajstić information content (AvgIpc) is 2.76. The first-order chi connectivity index (χ1) is 14.9. The minimum absolute atomic E-state index is 0. The average molecular weight is 519 g/mol. The van der Waals surface area contributed by atoms with Crippen LogP contribution < -0.4 is 0 Å². The number of hydrogen-bond acceptors (Lipinski definition) is 12. The molecule has 0 saturated carbocycles. The molecule has 0 saturated heterocycles. The summed E-state index contributed by atoms with van der Waals surface area (Å²) in [5, 5.41) is 18.6. The molecule has 2 N–H and O–H groups in total. The molecule has 0 atom stereocenters. The summed E-state index contributed by atoms with van der Waals surface area (Å²) in [5.74, 6) is -8.19. The van der Waals surface area contributed by atoms with Crippen molar-refractivity contribution in [1.29, 1.82) is 0 Å². The van der Waals surface area contributed by atoms with Gasteiger partial charge in [0.15, 0.2) is 0 Å². The van der Waals surface area contributed by atoms with E-state index in [9.17, 15) is 39.0 Å². The predicted molar refractivity (Wildman–Crippen MR) is 107 cm³/mol. The third-order valence-electron chi connectivity index (χ3n) is 3.25. The molecule has 0 fully saturated rings. The van der Waals surface area contributed by atoms with Crippen LogP contribution in [0.25, 0.3) is 0 Å². The van der Waals surface area contributed by atoms with Gasteiger partial charge >= 0.3 is 23.9 Å². The van der Waals surface area contributed by atoms with Crippen LogP contribution in [-0.2, 0) is 64.5 Å². The zero-order valence-corrected chi connectivity index (χ0v) is 20.2. The molecule has 0 aromatic heterocycles. The first kappa shape index (κ1) is 34.4. The van der Waals surface area contributed by atoms with Crippen molar-refractivity contribution in [2.75, 3.05) is 26.4 Å². The summed E-state index contributed by atoms with van der Waals surface area (Å²) < 4.78 is 17.8. The molecular formula is C20H28CoO12. The zero-order valence-electron chi connectivity index (χ0n) is 19.1. The fraction of sp³-hybridized carbons (Fsp3) is 0.500. The first-order valence-electron chi connectivity index (χ1n) is 9.47. The minimum atomic E-state index is -1.11. The molecule has 0 spiro atoms. The van der Waals surface area contributed by atoms with Gasteiger partial charge in [0.1, 0.15) is 0 Å². The van der Waals surface area contributed by atoms with E-state index in [2.05, 4.69) is 18.9 Å². The second-order valence-electron chi connectivity index (χ2n) is 5.49. The summed E-state index contributed by atoms with van der Waals surface area (Å²) >= 11 is 0. The van der Waals surface area contributed by atoms with E-state index in [0.717, 1.165) is 13.8 Å². The Morgan fingerprint density at radius 3 is 0.939 bits per heavy atom. The third-order valence-corrected chi connectivity index (χ3v) is 3.25. The molecule has 0 heterocycles. The molecule has 0 amide bonds. The molecule has 0 bridgehead atoms. The van der Waals surface area contributed by atoms with Crippen LogP contribution in [-0.4, -0.2) is 72.1 Å². The van der Waals surface area contributed by atoms with E-state index in [1.54, 1.807) is 13.8 Å². The second kappa shape index (κ2) is 18.4.